The molecule has 3 aromatic rings. The van der Waals surface area contributed by atoms with E-state index in [9.17, 15) is 4.79 Å². The standard InChI is InChI=1S/C20H19N3O3/c1-20(2,3)26-19(24)22-13-15-7-4-8-16-18(15)23-17(25-16)10-9-14-6-5-11-21-12-14/h4-8,11-12H,13H2,1-3H3,(H,22,24). The highest BCUT2D eigenvalue weighted by Gasteiger charge is 2.16. The molecule has 0 bridgehead atoms. The number of nitrogens with one attached hydrogen (secondary N) is 1. The van der Waals surface area contributed by atoms with Gasteiger partial charge in [-0.1, -0.05) is 18.1 Å². The van der Waals surface area contributed by atoms with Gasteiger partial charge in [0.15, 0.2) is 5.58 Å². The van der Waals surface area contributed by atoms with Crippen molar-refractivity contribution in [2.45, 2.75) is 32.9 Å². The van der Waals surface area contributed by atoms with E-state index >= 15 is 0 Å². The fraction of sp³-hybridized carbons (Fsp3) is 0.250. The zero-order chi connectivity index (χ0) is 18.6. The monoisotopic (exact) mass is 349 g/mol. The molecule has 1 N–H and O–H groups in total. The fourth-order valence-corrected chi connectivity index (χ4v) is 2.25. The van der Waals surface area contributed by atoms with E-state index in [2.05, 4.69) is 27.1 Å². The van der Waals surface area contributed by atoms with Crippen LogP contribution in [-0.4, -0.2) is 21.7 Å². The number of nitrogens with zero attached hydrogens (tertiary/aromatic N) is 2. The minimum atomic E-state index is -0.543. The summed E-state index contributed by atoms with van der Waals surface area (Å²) in [6.45, 7) is 5.74. The zero-order valence-corrected chi connectivity index (χ0v) is 14.9. The molecular formula is C20H19N3O3. The Balaban J connectivity index is 1.77. The van der Waals surface area contributed by atoms with Gasteiger partial charge in [0.05, 0.1) is 0 Å². The minimum absolute atomic E-state index is 0.286. The number of oxazole rings is 1. The fourth-order valence-electron chi connectivity index (χ4n) is 2.25. The first-order valence-corrected chi connectivity index (χ1v) is 8.18. The van der Waals surface area contributed by atoms with Gasteiger partial charge in [0.2, 0.25) is 0 Å². The van der Waals surface area contributed by atoms with Crippen molar-refractivity contribution < 1.29 is 13.9 Å². The molecule has 0 spiro atoms. The molecule has 132 valence electrons. The number of ether oxygens (including phenoxy) is 1. The number of hydrogen-bond acceptors (Lipinski definition) is 5. The van der Waals surface area contributed by atoms with Gasteiger partial charge in [0, 0.05) is 30.1 Å². The van der Waals surface area contributed by atoms with E-state index in [0.717, 1.165) is 11.1 Å². The molecule has 0 aliphatic carbocycles. The summed E-state index contributed by atoms with van der Waals surface area (Å²) < 4.78 is 10.9. The van der Waals surface area contributed by atoms with Crippen molar-refractivity contribution in [2.24, 2.45) is 0 Å². The Labute approximate surface area is 151 Å². The molecule has 0 aliphatic rings. The number of benzene rings is 1. The number of hydrogen-bond donors (Lipinski definition) is 1. The molecule has 3 rings (SSSR count). The second-order valence-electron chi connectivity index (χ2n) is 6.63. The Hall–Kier alpha value is -3.33. The van der Waals surface area contributed by atoms with Crippen molar-refractivity contribution in [3.8, 4) is 11.8 Å². The summed E-state index contributed by atoms with van der Waals surface area (Å²) in [4.78, 5) is 20.3. The van der Waals surface area contributed by atoms with Crippen LogP contribution in [0.15, 0.2) is 47.1 Å². The number of fused-ring (bicyclic) bond motifs is 1. The van der Waals surface area contributed by atoms with Gasteiger partial charge in [-0.2, -0.15) is 0 Å². The lowest BCUT2D eigenvalue weighted by Crippen LogP contribution is -2.32. The molecule has 0 aliphatic heterocycles. The van der Waals surface area contributed by atoms with E-state index in [0.29, 0.717) is 17.0 Å². The Morgan fingerprint density at radius 3 is 2.81 bits per heavy atom. The van der Waals surface area contributed by atoms with E-state index < -0.39 is 11.7 Å². The van der Waals surface area contributed by atoms with Gasteiger partial charge in [0.1, 0.15) is 11.1 Å². The van der Waals surface area contributed by atoms with Crippen molar-refractivity contribution in [2.75, 3.05) is 0 Å². The molecule has 0 unspecified atom stereocenters. The highest BCUT2D eigenvalue weighted by atomic mass is 16.6. The Kier molecular flexibility index (Phi) is 4.90. The molecule has 1 amide bonds. The molecular weight excluding hydrogens is 330 g/mol. The van der Waals surface area contributed by atoms with Crippen LogP contribution in [0.4, 0.5) is 4.79 Å². The first-order chi connectivity index (χ1) is 12.4. The molecule has 0 atom stereocenters. The van der Waals surface area contributed by atoms with Crippen molar-refractivity contribution in [3.63, 3.8) is 0 Å². The summed E-state index contributed by atoms with van der Waals surface area (Å²) >= 11 is 0. The second-order valence-corrected chi connectivity index (χ2v) is 6.63. The molecule has 0 radical (unpaired) electrons. The third-order valence-electron chi connectivity index (χ3n) is 3.30. The highest BCUT2D eigenvalue weighted by molar-refractivity contribution is 5.78. The molecule has 1 aromatic carbocycles. The molecule has 0 fully saturated rings. The Bertz CT molecular complexity index is 976. The van der Waals surface area contributed by atoms with Crippen molar-refractivity contribution in [3.05, 3.63) is 59.7 Å². The summed E-state index contributed by atoms with van der Waals surface area (Å²) in [6, 6.07) is 9.21. The van der Waals surface area contributed by atoms with Crippen LogP contribution in [0, 0.1) is 11.8 Å². The number of aromatic nitrogens is 2. The molecule has 2 aromatic heterocycles. The van der Waals surface area contributed by atoms with E-state index in [4.69, 9.17) is 9.15 Å². The van der Waals surface area contributed by atoms with Crippen LogP contribution in [0.25, 0.3) is 11.1 Å². The lowest BCUT2D eigenvalue weighted by atomic mass is 10.2. The average molecular weight is 349 g/mol. The number of rotatable bonds is 2. The van der Waals surface area contributed by atoms with Gasteiger partial charge in [-0.3, -0.25) is 4.98 Å². The van der Waals surface area contributed by atoms with Gasteiger partial charge in [-0.15, -0.1) is 0 Å². The van der Waals surface area contributed by atoms with Crippen LogP contribution < -0.4 is 5.32 Å². The average Bonchev–Trinajstić information content (AvgIpc) is 3.01. The quantitative estimate of drug-likeness (QED) is 0.715. The molecule has 26 heavy (non-hydrogen) atoms. The van der Waals surface area contributed by atoms with Crippen molar-refractivity contribution in [1.82, 2.24) is 15.3 Å². The van der Waals surface area contributed by atoms with E-state index in [-0.39, 0.29) is 6.54 Å². The SMILES string of the molecule is CC(C)(C)OC(=O)NCc1cccc2oc(C#Cc3cccnc3)nc12. The summed E-state index contributed by atoms with van der Waals surface area (Å²) in [7, 11) is 0. The zero-order valence-electron chi connectivity index (χ0n) is 14.9. The summed E-state index contributed by atoms with van der Waals surface area (Å²) in [6.07, 6.45) is 2.88. The topological polar surface area (TPSA) is 77.2 Å². The normalized spacial score (nSPS) is 10.9. The van der Waals surface area contributed by atoms with Crippen LogP contribution >= 0.6 is 0 Å². The lowest BCUT2D eigenvalue weighted by Gasteiger charge is -2.19. The Morgan fingerprint density at radius 2 is 2.08 bits per heavy atom. The van der Waals surface area contributed by atoms with E-state index in [1.807, 2.05) is 51.1 Å². The summed E-state index contributed by atoms with van der Waals surface area (Å²) in [5.74, 6) is 6.17. The second kappa shape index (κ2) is 7.28. The third kappa shape index (κ3) is 4.61. The molecule has 6 heteroatoms. The minimum Gasteiger partial charge on any atom is -0.444 e. The van der Waals surface area contributed by atoms with E-state index in [1.165, 1.54) is 0 Å². The van der Waals surface area contributed by atoms with Crippen molar-refractivity contribution in [1.29, 1.82) is 0 Å². The number of carbonyl (C=O) groups is 1. The van der Waals surface area contributed by atoms with E-state index in [1.54, 1.807) is 12.4 Å². The number of amides is 1. The maximum atomic E-state index is 11.8. The molecule has 0 saturated carbocycles. The number of carbonyl (C=O) groups excluding carboxylic acids is 1. The molecule has 6 nitrogen and oxygen atoms in total. The van der Waals surface area contributed by atoms with Gasteiger partial charge in [0.25, 0.3) is 5.89 Å². The van der Waals surface area contributed by atoms with Crippen LogP contribution in [0.1, 0.15) is 37.8 Å². The van der Waals surface area contributed by atoms with Gasteiger partial charge >= 0.3 is 6.09 Å². The van der Waals surface area contributed by atoms with Crippen LogP contribution in [0.5, 0.6) is 0 Å². The number of para-hydroxylation sites is 1. The van der Waals surface area contributed by atoms with Gasteiger partial charge < -0.3 is 14.5 Å². The summed E-state index contributed by atoms with van der Waals surface area (Å²) in [5, 5.41) is 2.73. The van der Waals surface area contributed by atoms with Gasteiger partial charge in [-0.25, -0.2) is 9.78 Å². The third-order valence-corrected chi connectivity index (χ3v) is 3.30. The molecule has 2 heterocycles. The largest absolute Gasteiger partial charge is 0.444 e. The van der Waals surface area contributed by atoms with Crippen molar-refractivity contribution >= 4 is 17.2 Å². The van der Waals surface area contributed by atoms with Crippen LogP contribution in [0.2, 0.25) is 0 Å². The molecule has 0 saturated heterocycles. The van der Waals surface area contributed by atoms with Crippen LogP contribution in [-0.2, 0) is 11.3 Å². The maximum absolute atomic E-state index is 11.8. The summed E-state index contributed by atoms with van der Waals surface area (Å²) in [5.41, 5.74) is 2.34. The lowest BCUT2D eigenvalue weighted by molar-refractivity contribution is 0.0524. The number of pyridine rings is 1. The Morgan fingerprint density at radius 1 is 1.23 bits per heavy atom. The predicted molar refractivity (Wildman–Crippen MR) is 97.3 cm³/mol. The smallest absolute Gasteiger partial charge is 0.407 e. The highest BCUT2D eigenvalue weighted by Crippen LogP contribution is 2.19. The first kappa shape index (κ1) is 17.5. The maximum Gasteiger partial charge on any atom is 0.407 e. The van der Waals surface area contributed by atoms with Crippen LogP contribution in [0.3, 0.4) is 0 Å². The number of alkyl carbamates (subject to hydrolysis) is 1. The predicted octanol–water partition coefficient (Wildman–Crippen LogP) is 3.65. The van der Waals surface area contributed by atoms with Gasteiger partial charge in [-0.05, 0) is 44.9 Å². The first-order valence-electron chi connectivity index (χ1n) is 8.18.